The molecule has 1 aliphatic rings. The first-order valence-corrected chi connectivity index (χ1v) is 7.16. The van der Waals surface area contributed by atoms with E-state index in [2.05, 4.69) is 16.0 Å². The van der Waals surface area contributed by atoms with Gasteiger partial charge in [-0.15, -0.1) is 0 Å². The summed E-state index contributed by atoms with van der Waals surface area (Å²) >= 11 is 0. The van der Waals surface area contributed by atoms with Crippen molar-refractivity contribution in [1.29, 1.82) is 0 Å². The molecule has 0 aliphatic heterocycles. The standard InChI is InChI=1S/C15H20FN3O2/c16-13-5-3-12(4-6-13)15(21)19-8-7-18-14(20)10-17-9-11-1-2-11/h3-6,11,17H,1-2,7-10H2,(H,18,20)(H,19,21). The summed E-state index contributed by atoms with van der Waals surface area (Å²) in [6, 6.07) is 5.32. The molecule has 0 atom stereocenters. The molecule has 0 unspecified atom stereocenters. The fourth-order valence-corrected chi connectivity index (χ4v) is 1.86. The summed E-state index contributed by atoms with van der Waals surface area (Å²) in [5, 5.41) is 8.47. The highest BCUT2D eigenvalue weighted by molar-refractivity contribution is 5.94. The molecule has 0 heterocycles. The van der Waals surface area contributed by atoms with Gasteiger partial charge in [0.05, 0.1) is 6.54 Å². The summed E-state index contributed by atoms with van der Waals surface area (Å²) in [7, 11) is 0. The minimum absolute atomic E-state index is 0.0771. The average molecular weight is 293 g/mol. The number of hydrogen-bond acceptors (Lipinski definition) is 3. The monoisotopic (exact) mass is 293 g/mol. The van der Waals surface area contributed by atoms with Crippen LogP contribution in [-0.4, -0.2) is 38.0 Å². The smallest absolute Gasteiger partial charge is 0.251 e. The SMILES string of the molecule is O=C(CNCC1CC1)NCCNC(=O)c1ccc(F)cc1. The van der Waals surface area contributed by atoms with E-state index < -0.39 is 0 Å². The predicted octanol–water partition coefficient (Wildman–Crippen LogP) is 0.671. The Morgan fingerprint density at radius 2 is 1.76 bits per heavy atom. The Kier molecular flexibility index (Phi) is 5.68. The Labute approximate surface area is 123 Å². The van der Waals surface area contributed by atoms with Gasteiger partial charge in [0.2, 0.25) is 5.91 Å². The normalized spacial score (nSPS) is 13.8. The maximum Gasteiger partial charge on any atom is 0.251 e. The van der Waals surface area contributed by atoms with Crippen molar-refractivity contribution in [2.45, 2.75) is 12.8 Å². The molecule has 2 amide bonds. The molecule has 6 heteroatoms. The number of benzene rings is 1. The van der Waals surface area contributed by atoms with Gasteiger partial charge in [-0.05, 0) is 49.6 Å². The van der Waals surface area contributed by atoms with Gasteiger partial charge in [-0.3, -0.25) is 9.59 Å². The van der Waals surface area contributed by atoms with Gasteiger partial charge in [-0.2, -0.15) is 0 Å². The van der Waals surface area contributed by atoms with Crippen molar-refractivity contribution >= 4 is 11.8 Å². The quantitative estimate of drug-likeness (QED) is 0.617. The fraction of sp³-hybridized carbons (Fsp3) is 0.467. The molecule has 0 radical (unpaired) electrons. The second kappa shape index (κ2) is 7.73. The molecule has 0 spiro atoms. The van der Waals surface area contributed by atoms with Gasteiger partial charge in [0, 0.05) is 18.7 Å². The second-order valence-corrected chi connectivity index (χ2v) is 5.19. The molecule has 1 aliphatic carbocycles. The Hall–Kier alpha value is -1.95. The van der Waals surface area contributed by atoms with E-state index in [9.17, 15) is 14.0 Å². The van der Waals surface area contributed by atoms with E-state index in [1.165, 1.54) is 37.1 Å². The zero-order chi connectivity index (χ0) is 15.1. The van der Waals surface area contributed by atoms with E-state index in [0.29, 0.717) is 25.2 Å². The van der Waals surface area contributed by atoms with Crippen molar-refractivity contribution in [3.8, 4) is 0 Å². The maximum atomic E-state index is 12.7. The Morgan fingerprint density at radius 1 is 1.10 bits per heavy atom. The van der Waals surface area contributed by atoms with Gasteiger partial charge in [0.1, 0.15) is 5.82 Å². The van der Waals surface area contributed by atoms with Gasteiger partial charge in [0.25, 0.3) is 5.91 Å². The molecule has 0 aromatic heterocycles. The molecule has 5 nitrogen and oxygen atoms in total. The first-order chi connectivity index (χ1) is 10.1. The van der Waals surface area contributed by atoms with Gasteiger partial charge < -0.3 is 16.0 Å². The molecule has 1 aromatic rings. The topological polar surface area (TPSA) is 70.2 Å². The van der Waals surface area contributed by atoms with Gasteiger partial charge in [-0.25, -0.2) is 4.39 Å². The predicted molar refractivity (Wildman–Crippen MR) is 77.3 cm³/mol. The molecular formula is C15H20FN3O2. The summed E-state index contributed by atoms with van der Waals surface area (Å²) in [4.78, 5) is 23.2. The van der Waals surface area contributed by atoms with Crippen LogP contribution < -0.4 is 16.0 Å². The van der Waals surface area contributed by atoms with Gasteiger partial charge in [-0.1, -0.05) is 0 Å². The second-order valence-electron chi connectivity index (χ2n) is 5.19. The van der Waals surface area contributed by atoms with Crippen molar-refractivity contribution < 1.29 is 14.0 Å². The fourth-order valence-electron chi connectivity index (χ4n) is 1.86. The summed E-state index contributed by atoms with van der Waals surface area (Å²) in [6.07, 6.45) is 2.51. The third-order valence-electron chi connectivity index (χ3n) is 3.25. The van der Waals surface area contributed by atoms with Crippen molar-refractivity contribution in [2.24, 2.45) is 5.92 Å². The van der Waals surface area contributed by atoms with Crippen LogP contribution in [0.5, 0.6) is 0 Å². The van der Waals surface area contributed by atoms with Crippen LogP contribution in [-0.2, 0) is 4.79 Å². The molecule has 3 N–H and O–H groups in total. The highest BCUT2D eigenvalue weighted by atomic mass is 19.1. The van der Waals surface area contributed by atoms with Crippen LogP contribution in [0.1, 0.15) is 23.2 Å². The van der Waals surface area contributed by atoms with Crippen LogP contribution in [0.3, 0.4) is 0 Å². The van der Waals surface area contributed by atoms with Crippen LogP contribution in [0.25, 0.3) is 0 Å². The molecular weight excluding hydrogens is 273 g/mol. The number of carbonyl (C=O) groups is 2. The molecule has 1 saturated carbocycles. The summed E-state index contributed by atoms with van der Waals surface area (Å²) < 4.78 is 12.7. The van der Waals surface area contributed by atoms with Crippen molar-refractivity contribution in [2.75, 3.05) is 26.2 Å². The molecule has 114 valence electrons. The zero-order valence-electron chi connectivity index (χ0n) is 11.8. The van der Waals surface area contributed by atoms with E-state index in [1.807, 2.05) is 0 Å². The minimum atomic E-state index is -0.377. The Morgan fingerprint density at radius 3 is 2.43 bits per heavy atom. The lowest BCUT2D eigenvalue weighted by Crippen LogP contribution is -2.39. The lowest BCUT2D eigenvalue weighted by molar-refractivity contribution is -0.120. The van der Waals surface area contributed by atoms with Crippen molar-refractivity contribution in [1.82, 2.24) is 16.0 Å². The average Bonchev–Trinajstić information content (AvgIpc) is 3.28. The summed E-state index contributed by atoms with van der Waals surface area (Å²) in [5.41, 5.74) is 0.397. The van der Waals surface area contributed by atoms with Crippen LogP contribution in [0, 0.1) is 11.7 Å². The molecule has 0 saturated heterocycles. The van der Waals surface area contributed by atoms with E-state index in [4.69, 9.17) is 0 Å². The molecule has 21 heavy (non-hydrogen) atoms. The van der Waals surface area contributed by atoms with Crippen LogP contribution in [0.15, 0.2) is 24.3 Å². The first-order valence-electron chi connectivity index (χ1n) is 7.16. The maximum absolute atomic E-state index is 12.7. The number of rotatable bonds is 8. The van der Waals surface area contributed by atoms with Gasteiger partial charge in [0.15, 0.2) is 0 Å². The van der Waals surface area contributed by atoms with E-state index >= 15 is 0 Å². The third kappa shape index (κ3) is 5.91. The molecule has 1 fully saturated rings. The van der Waals surface area contributed by atoms with E-state index in [1.54, 1.807) is 0 Å². The lowest BCUT2D eigenvalue weighted by atomic mass is 10.2. The highest BCUT2D eigenvalue weighted by Gasteiger charge is 2.20. The van der Waals surface area contributed by atoms with Crippen molar-refractivity contribution in [3.63, 3.8) is 0 Å². The third-order valence-corrected chi connectivity index (χ3v) is 3.25. The summed E-state index contributed by atoms with van der Waals surface area (Å²) in [6.45, 7) is 1.92. The number of amides is 2. The van der Waals surface area contributed by atoms with Crippen LogP contribution >= 0.6 is 0 Å². The Bertz CT molecular complexity index is 486. The van der Waals surface area contributed by atoms with E-state index in [-0.39, 0.29) is 17.6 Å². The highest BCUT2D eigenvalue weighted by Crippen LogP contribution is 2.27. The number of halogens is 1. The van der Waals surface area contributed by atoms with Crippen molar-refractivity contribution in [3.05, 3.63) is 35.6 Å². The number of hydrogen-bond donors (Lipinski definition) is 3. The molecule has 0 bridgehead atoms. The van der Waals surface area contributed by atoms with Crippen LogP contribution in [0.4, 0.5) is 4.39 Å². The van der Waals surface area contributed by atoms with E-state index in [0.717, 1.165) is 12.5 Å². The lowest BCUT2D eigenvalue weighted by Gasteiger charge is -2.08. The number of carbonyl (C=O) groups excluding carboxylic acids is 2. The number of nitrogens with one attached hydrogen (secondary N) is 3. The van der Waals surface area contributed by atoms with Crippen LogP contribution in [0.2, 0.25) is 0 Å². The summed E-state index contributed by atoms with van der Waals surface area (Å²) in [5.74, 6) is 0.00750. The minimum Gasteiger partial charge on any atom is -0.353 e. The largest absolute Gasteiger partial charge is 0.353 e. The molecule has 2 rings (SSSR count). The van der Waals surface area contributed by atoms with Gasteiger partial charge >= 0.3 is 0 Å². The zero-order valence-corrected chi connectivity index (χ0v) is 11.8. The first kappa shape index (κ1) is 15.4. The molecule has 1 aromatic carbocycles. The Balaban J connectivity index is 1.54.